The molecule has 2 aromatic rings. The first-order chi connectivity index (χ1) is 8.33. The quantitative estimate of drug-likeness (QED) is 0.875. The zero-order chi connectivity index (χ0) is 11.7. The molecule has 0 unspecified atom stereocenters. The Hall–Kier alpha value is -2.03. The van der Waals surface area contributed by atoms with Gasteiger partial charge in [0.15, 0.2) is 0 Å². The highest BCUT2D eigenvalue weighted by atomic mass is 16.5. The molecule has 0 atom stereocenters. The predicted octanol–water partition coefficient (Wildman–Crippen LogP) is 2.87. The van der Waals surface area contributed by atoms with E-state index in [1.807, 2.05) is 30.3 Å². The van der Waals surface area contributed by atoms with Crippen molar-refractivity contribution in [2.75, 3.05) is 5.73 Å². The average molecular weight is 226 g/mol. The zero-order valence-corrected chi connectivity index (χ0v) is 9.47. The number of aromatic nitrogens is 1. The van der Waals surface area contributed by atoms with Gasteiger partial charge in [0.25, 0.3) is 0 Å². The van der Waals surface area contributed by atoms with E-state index in [1.165, 1.54) is 12.8 Å². The van der Waals surface area contributed by atoms with E-state index in [0.717, 1.165) is 16.9 Å². The second-order valence-corrected chi connectivity index (χ2v) is 4.30. The second kappa shape index (κ2) is 4.09. The number of benzene rings is 1. The van der Waals surface area contributed by atoms with Crippen LogP contribution >= 0.6 is 0 Å². The third-order valence-corrected chi connectivity index (χ3v) is 2.84. The molecule has 1 aromatic heterocycles. The number of nitrogens with zero attached hydrogens (tertiary/aromatic N) is 1. The normalized spacial score (nSPS) is 14.6. The van der Waals surface area contributed by atoms with Gasteiger partial charge in [-0.1, -0.05) is 12.1 Å². The van der Waals surface area contributed by atoms with Crippen LogP contribution in [0.5, 0.6) is 5.75 Å². The van der Waals surface area contributed by atoms with Crippen LogP contribution in [0.1, 0.15) is 12.8 Å². The van der Waals surface area contributed by atoms with Gasteiger partial charge < -0.3 is 10.5 Å². The van der Waals surface area contributed by atoms with Crippen molar-refractivity contribution in [3.63, 3.8) is 0 Å². The van der Waals surface area contributed by atoms with Crippen LogP contribution in [-0.2, 0) is 0 Å². The molecule has 3 heteroatoms. The molecule has 0 radical (unpaired) electrons. The molecule has 0 amide bonds. The number of ether oxygens (including phenoxy) is 1. The lowest BCUT2D eigenvalue weighted by Gasteiger charge is -2.07. The molecule has 1 aliphatic rings. The summed E-state index contributed by atoms with van der Waals surface area (Å²) in [6.07, 6.45) is 6.22. The van der Waals surface area contributed by atoms with E-state index >= 15 is 0 Å². The SMILES string of the molecule is Nc1cnccc1-c1ccc(OC2CC2)cc1. The summed E-state index contributed by atoms with van der Waals surface area (Å²) in [5, 5.41) is 0. The molecule has 0 spiro atoms. The number of nitrogens with two attached hydrogens (primary N) is 1. The summed E-state index contributed by atoms with van der Waals surface area (Å²) in [7, 11) is 0. The van der Waals surface area contributed by atoms with E-state index < -0.39 is 0 Å². The fraction of sp³-hybridized carbons (Fsp3) is 0.214. The van der Waals surface area contributed by atoms with Crippen LogP contribution in [-0.4, -0.2) is 11.1 Å². The van der Waals surface area contributed by atoms with Gasteiger partial charge in [0, 0.05) is 11.8 Å². The Morgan fingerprint density at radius 3 is 2.53 bits per heavy atom. The van der Waals surface area contributed by atoms with Gasteiger partial charge in [0.2, 0.25) is 0 Å². The van der Waals surface area contributed by atoms with Gasteiger partial charge in [-0.3, -0.25) is 4.98 Å². The van der Waals surface area contributed by atoms with Gasteiger partial charge in [-0.15, -0.1) is 0 Å². The van der Waals surface area contributed by atoms with E-state index in [0.29, 0.717) is 11.8 Å². The molecule has 1 heterocycles. The Kier molecular flexibility index (Phi) is 2.44. The molecule has 3 nitrogen and oxygen atoms in total. The zero-order valence-electron chi connectivity index (χ0n) is 9.47. The van der Waals surface area contributed by atoms with Crippen molar-refractivity contribution in [3.8, 4) is 16.9 Å². The number of hydrogen-bond acceptors (Lipinski definition) is 3. The van der Waals surface area contributed by atoms with Crippen LogP contribution in [0.4, 0.5) is 5.69 Å². The Balaban J connectivity index is 1.86. The molecule has 1 fully saturated rings. The van der Waals surface area contributed by atoms with Crippen molar-refractivity contribution in [1.29, 1.82) is 0 Å². The first-order valence-electron chi connectivity index (χ1n) is 5.79. The summed E-state index contributed by atoms with van der Waals surface area (Å²) in [6, 6.07) is 9.97. The number of pyridine rings is 1. The predicted molar refractivity (Wildman–Crippen MR) is 67.7 cm³/mol. The fourth-order valence-electron chi connectivity index (χ4n) is 1.76. The van der Waals surface area contributed by atoms with Crippen LogP contribution in [0, 0.1) is 0 Å². The summed E-state index contributed by atoms with van der Waals surface area (Å²) in [6.45, 7) is 0. The van der Waals surface area contributed by atoms with Crippen LogP contribution in [0.3, 0.4) is 0 Å². The largest absolute Gasteiger partial charge is 0.490 e. The van der Waals surface area contributed by atoms with E-state index in [1.54, 1.807) is 12.4 Å². The van der Waals surface area contributed by atoms with Crippen molar-refractivity contribution >= 4 is 5.69 Å². The highest BCUT2D eigenvalue weighted by Gasteiger charge is 2.23. The summed E-state index contributed by atoms with van der Waals surface area (Å²) < 4.78 is 5.70. The first kappa shape index (κ1) is 10.1. The monoisotopic (exact) mass is 226 g/mol. The maximum absolute atomic E-state index is 5.89. The highest BCUT2D eigenvalue weighted by Crippen LogP contribution is 2.30. The van der Waals surface area contributed by atoms with E-state index in [4.69, 9.17) is 10.5 Å². The maximum Gasteiger partial charge on any atom is 0.119 e. The van der Waals surface area contributed by atoms with Crippen molar-refractivity contribution in [2.45, 2.75) is 18.9 Å². The Morgan fingerprint density at radius 1 is 1.12 bits per heavy atom. The second-order valence-electron chi connectivity index (χ2n) is 4.30. The molecule has 1 aliphatic carbocycles. The van der Waals surface area contributed by atoms with Crippen LogP contribution in [0.25, 0.3) is 11.1 Å². The fourth-order valence-corrected chi connectivity index (χ4v) is 1.76. The molecular weight excluding hydrogens is 212 g/mol. The minimum absolute atomic E-state index is 0.437. The third kappa shape index (κ3) is 2.23. The van der Waals surface area contributed by atoms with Gasteiger partial charge in [-0.2, -0.15) is 0 Å². The van der Waals surface area contributed by atoms with E-state index in [2.05, 4.69) is 4.98 Å². The lowest BCUT2D eigenvalue weighted by Crippen LogP contribution is -1.95. The Bertz CT molecular complexity index is 518. The third-order valence-electron chi connectivity index (χ3n) is 2.84. The number of nitrogen functional groups attached to an aromatic ring is 1. The summed E-state index contributed by atoms with van der Waals surface area (Å²) in [5.41, 5.74) is 8.69. The molecular formula is C14H14N2O. The van der Waals surface area contributed by atoms with Crippen molar-refractivity contribution < 1.29 is 4.74 Å². The molecule has 1 aromatic carbocycles. The number of rotatable bonds is 3. The van der Waals surface area contributed by atoms with Crippen molar-refractivity contribution in [3.05, 3.63) is 42.7 Å². The molecule has 17 heavy (non-hydrogen) atoms. The molecule has 3 rings (SSSR count). The highest BCUT2D eigenvalue weighted by molar-refractivity contribution is 5.75. The van der Waals surface area contributed by atoms with E-state index in [-0.39, 0.29) is 0 Å². The topological polar surface area (TPSA) is 48.1 Å². The molecule has 1 saturated carbocycles. The smallest absolute Gasteiger partial charge is 0.119 e. The first-order valence-corrected chi connectivity index (χ1v) is 5.79. The molecule has 0 bridgehead atoms. The lowest BCUT2D eigenvalue weighted by molar-refractivity contribution is 0.303. The lowest BCUT2D eigenvalue weighted by atomic mass is 10.1. The summed E-state index contributed by atoms with van der Waals surface area (Å²) >= 11 is 0. The molecule has 86 valence electrons. The van der Waals surface area contributed by atoms with Gasteiger partial charge >= 0.3 is 0 Å². The molecule has 2 N–H and O–H groups in total. The minimum atomic E-state index is 0.437. The van der Waals surface area contributed by atoms with Crippen molar-refractivity contribution in [1.82, 2.24) is 4.98 Å². The van der Waals surface area contributed by atoms with Crippen LogP contribution in [0.15, 0.2) is 42.7 Å². The van der Waals surface area contributed by atoms with Gasteiger partial charge in [-0.25, -0.2) is 0 Å². The summed E-state index contributed by atoms with van der Waals surface area (Å²) in [5.74, 6) is 0.934. The van der Waals surface area contributed by atoms with Crippen molar-refractivity contribution in [2.24, 2.45) is 0 Å². The van der Waals surface area contributed by atoms with Gasteiger partial charge in [0.1, 0.15) is 5.75 Å². The van der Waals surface area contributed by atoms with Crippen LogP contribution < -0.4 is 10.5 Å². The standard InChI is InChI=1S/C14H14N2O/c15-14-9-16-8-7-13(14)10-1-3-11(4-2-10)17-12-5-6-12/h1-4,7-9,12H,5-6,15H2. The van der Waals surface area contributed by atoms with E-state index in [9.17, 15) is 0 Å². The summed E-state index contributed by atoms with van der Waals surface area (Å²) in [4.78, 5) is 3.99. The molecule has 0 saturated heterocycles. The minimum Gasteiger partial charge on any atom is -0.490 e. The number of anilines is 1. The molecule has 0 aliphatic heterocycles. The van der Waals surface area contributed by atoms with Crippen LogP contribution in [0.2, 0.25) is 0 Å². The Morgan fingerprint density at radius 2 is 1.88 bits per heavy atom. The number of hydrogen-bond donors (Lipinski definition) is 1. The maximum atomic E-state index is 5.89. The average Bonchev–Trinajstić information content (AvgIpc) is 3.15. The van der Waals surface area contributed by atoms with Gasteiger partial charge in [0.05, 0.1) is 18.0 Å². The Labute approximate surface area is 100 Å². The van der Waals surface area contributed by atoms with Gasteiger partial charge in [-0.05, 0) is 36.6 Å².